The predicted octanol–water partition coefficient (Wildman–Crippen LogP) is 1.50. The largest absolute Gasteiger partial charge is 0.363 e. The van der Waals surface area contributed by atoms with E-state index in [1.165, 1.54) is 4.31 Å². The number of aromatic nitrogens is 1. The molecular formula is C12H23N3O2S2. The second-order valence-corrected chi connectivity index (χ2v) is 7.34. The lowest BCUT2D eigenvalue weighted by Crippen LogP contribution is -2.38. The van der Waals surface area contributed by atoms with E-state index >= 15 is 0 Å². The van der Waals surface area contributed by atoms with Gasteiger partial charge in [-0.1, -0.05) is 6.92 Å². The van der Waals surface area contributed by atoms with E-state index in [9.17, 15) is 8.42 Å². The molecule has 0 aliphatic carbocycles. The van der Waals surface area contributed by atoms with Gasteiger partial charge in [-0.25, -0.2) is 8.42 Å². The van der Waals surface area contributed by atoms with Crippen molar-refractivity contribution in [1.82, 2.24) is 14.6 Å². The summed E-state index contributed by atoms with van der Waals surface area (Å²) >= 11 is 1.66. The molecule has 0 amide bonds. The van der Waals surface area contributed by atoms with Crippen LogP contribution in [0.25, 0.3) is 0 Å². The molecule has 19 heavy (non-hydrogen) atoms. The molecule has 5 nitrogen and oxygen atoms in total. The lowest BCUT2D eigenvalue weighted by atomic mass is 10.3. The first-order valence-electron chi connectivity index (χ1n) is 6.26. The number of nitrogens with one attached hydrogen (secondary N) is 2. The number of aromatic amines is 1. The van der Waals surface area contributed by atoms with Crippen LogP contribution < -0.4 is 5.32 Å². The van der Waals surface area contributed by atoms with Crippen LogP contribution in [0, 0.1) is 0 Å². The Morgan fingerprint density at radius 1 is 1.53 bits per heavy atom. The van der Waals surface area contributed by atoms with Crippen LogP contribution in [-0.2, 0) is 16.6 Å². The van der Waals surface area contributed by atoms with Gasteiger partial charge in [-0.05, 0) is 25.8 Å². The van der Waals surface area contributed by atoms with Crippen molar-refractivity contribution in [3.8, 4) is 0 Å². The van der Waals surface area contributed by atoms with E-state index in [0.717, 1.165) is 17.9 Å². The molecule has 0 radical (unpaired) electrons. The molecule has 2 N–H and O–H groups in total. The van der Waals surface area contributed by atoms with E-state index in [0.29, 0.717) is 11.4 Å². The number of H-pyrrole nitrogens is 1. The van der Waals surface area contributed by atoms with Gasteiger partial charge < -0.3 is 10.3 Å². The van der Waals surface area contributed by atoms with Crippen LogP contribution in [0.2, 0.25) is 0 Å². The maximum absolute atomic E-state index is 12.5. The molecule has 1 unspecified atom stereocenters. The van der Waals surface area contributed by atoms with Crippen molar-refractivity contribution in [3.63, 3.8) is 0 Å². The Balaban J connectivity index is 2.94. The first-order valence-corrected chi connectivity index (χ1v) is 9.09. The SMILES string of the molecule is CCC(CSC)N(C)S(=O)(=O)c1c[nH]c(CNC)c1. The van der Waals surface area contributed by atoms with Crippen molar-refractivity contribution in [1.29, 1.82) is 0 Å². The first-order chi connectivity index (χ1) is 8.97. The Hall–Kier alpha value is -0.500. The lowest BCUT2D eigenvalue weighted by Gasteiger charge is -2.25. The van der Waals surface area contributed by atoms with E-state index < -0.39 is 10.0 Å². The summed E-state index contributed by atoms with van der Waals surface area (Å²) in [6.45, 7) is 2.64. The van der Waals surface area contributed by atoms with Crippen LogP contribution in [0.3, 0.4) is 0 Å². The van der Waals surface area contributed by atoms with Crippen LogP contribution in [-0.4, -0.2) is 49.9 Å². The van der Waals surface area contributed by atoms with Crippen LogP contribution in [0.1, 0.15) is 19.0 Å². The summed E-state index contributed by atoms with van der Waals surface area (Å²) in [5, 5.41) is 2.99. The number of hydrogen-bond acceptors (Lipinski definition) is 4. The van der Waals surface area contributed by atoms with Crippen molar-refractivity contribution in [2.75, 3.05) is 26.1 Å². The summed E-state index contributed by atoms with van der Waals surface area (Å²) in [4.78, 5) is 3.32. The molecule has 0 saturated heterocycles. The van der Waals surface area contributed by atoms with Crippen LogP contribution in [0.4, 0.5) is 0 Å². The van der Waals surface area contributed by atoms with Crippen molar-refractivity contribution in [2.24, 2.45) is 0 Å². The van der Waals surface area contributed by atoms with Crippen molar-refractivity contribution >= 4 is 21.8 Å². The van der Waals surface area contributed by atoms with Gasteiger partial charge in [0, 0.05) is 37.3 Å². The highest BCUT2D eigenvalue weighted by Crippen LogP contribution is 2.20. The molecule has 0 aromatic carbocycles. The molecule has 0 spiro atoms. The normalized spacial score (nSPS) is 13.9. The standard InChI is InChI=1S/C12H23N3O2S2/c1-5-11(9-18-4)15(3)19(16,17)12-6-10(7-13-2)14-8-12/h6,8,11,13-14H,5,7,9H2,1-4H3. The lowest BCUT2D eigenvalue weighted by molar-refractivity contribution is 0.385. The highest BCUT2D eigenvalue weighted by Gasteiger charge is 2.27. The molecule has 1 heterocycles. The van der Waals surface area contributed by atoms with Gasteiger partial charge in [-0.3, -0.25) is 0 Å². The maximum atomic E-state index is 12.5. The summed E-state index contributed by atoms with van der Waals surface area (Å²) < 4.78 is 26.5. The third kappa shape index (κ3) is 3.98. The van der Waals surface area contributed by atoms with Gasteiger partial charge >= 0.3 is 0 Å². The summed E-state index contributed by atoms with van der Waals surface area (Å²) in [6.07, 6.45) is 4.36. The van der Waals surface area contributed by atoms with Crippen molar-refractivity contribution in [2.45, 2.75) is 30.8 Å². The molecule has 0 aliphatic rings. The van der Waals surface area contributed by atoms with E-state index in [1.54, 1.807) is 31.1 Å². The Morgan fingerprint density at radius 3 is 2.74 bits per heavy atom. The van der Waals surface area contributed by atoms with Crippen LogP contribution in [0.5, 0.6) is 0 Å². The minimum atomic E-state index is -3.41. The zero-order valence-corrected chi connectivity index (χ0v) is 13.6. The Labute approximate surface area is 120 Å². The number of sulfonamides is 1. The molecule has 1 atom stereocenters. The number of hydrogen-bond donors (Lipinski definition) is 2. The monoisotopic (exact) mass is 305 g/mol. The van der Waals surface area contributed by atoms with Gasteiger partial charge in [0.05, 0.1) is 4.90 Å². The minimum absolute atomic E-state index is 0.0302. The first kappa shape index (κ1) is 16.6. The van der Waals surface area contributed by atoms with Crippen molar-refractivity contribution in [3.05, 3.63) is 18.0 Å². The molecule has 0 fully saturated rings. The summed E-state index contributed by atoms with van der Waals surface area (Å²) in [5.74, 6) is 0.806. The predicted molar refractivity (Wildman–Crippen MR) is 81.0 cm³/mol. The number of rotatable bonds is 8. The van der Waals surface area contributed by atoms with Crippen LogP contribution >= 0.6 is 11.8 Å². The second-order valence-electron chi connectivity index (χ2n) is 4.43. The zero-order valence-electron chi connectivity index (χ0n) is 11.9. The van der Waals surface area contributed by atoms with E-state index in [-0.39, 0.29) is 6.04 Å². The summed E-state index contributed by atoms with van der Waals surface area (Å²) in [5.41, 5.74) is 0.868. The molecule has 0 bridgehead atoms. The Morgan fingerprint density at radius 2 is 2.21 bits per heavy atom. The smallest absolute Gasteiger partial charge is 0.244 e. The molecule has 1 aromatic heterocycles. The van der Waals surface area contributed by atoms with Crippen LogP contribution in [0.15, 0.2) is 17.2 Å². The van der Waals surface area contributed by atoms with Crippen molar-refractivity contribution < 1.29 is 8.42 Å². The highest BCUT2D eigenvalue weighted by molar-refractivity contribution is 7.98. The fourth-order valence-electron chi connectivity index (χ4n) is 1.90. The third-order valence-corrected chi connectivity index (χ3v) is 5.71. The minimum Gasteiger partial charge on any atom is -0.363 e. The quantitative estimate of drug-likeness (QED) is 0.764. The van der Waals surface area contributed by atoms with Gasteiger partial charge in [-0.2, -0.15) is 16.1 Å². The Bertz CT molecular complexity index is 485. The molecule has 0 saturated carbocycles. The number of nitrogens with zero attached hydrogens (tertiary/aromatic N) is 1. The van der Waals surface area contributed by atoms with Gasteiger partial charge in [0.25, 0.3) is 0 Å². The van der Waals surface area contributed by atoms with E-state index in [4.69, 9.17) is 0 Å². The molecule has 1 aromatic rings. The van der Waals surface area contributed by atoms with E-state index in [2.05, 4.69) is 10.3 Å². The van der Waals surface area contributed by atoms with Gasteiger partial charge in [-0.15, -0.1) is 0 Å². The topological polar surface area (TPSA) is 65.2 Å². The highest BCUT2D eigenvalue weighted by atomic mass is 32.2. The Kier molecular flexibility index (Phi) is 6.38. The molecule has 1 rings (SSSR count). The third-order valence-electron chi connectivity index (χ3n) is 3.11. The molecular weight excluding hydrogens is 282 g/mol. The fraction of sp³-hybridized carbons (Fsp3) is 0.667. The number of thioether (sulfide) groups is 1. The van der Waals surface area contributed by atoms with Gasteiger partial charge in [0.2, 0.25) is 10.0 Å². The zero-order chi connectivity index (χ0) is 14.5. The molecule has 0 aliphatic heterocycles. The average molecular weight is 305 g/mol. The summed E-state index contributed by atoms with van der Waals surface area (Å²) in [6, 6.07) is 1.72. The molecule has 110 valence electrons. The molecule has 7 heteroatoms. The average Bonchev–Trinajstić information content (AvgIpc) is 2.85. The fourth-order valence-corrected chi connectivity index (χ4v) is 4.28. The van der Waals surface area contributed by atoms with Gasteiger partial charge in [0.15, 0.2) is 0 Å². The van der Waals surface area contributed by atoms with Gasteiger partial charge in [0.1, 0.15) is 0 Å². The van der Waals surface area contributed by atoms with E-state index in [1.807, 2.05) is 20.2 Å². The maximum Gasteiger partial charge on any atom is 0.244 e. The summed E-state index contributed by atoms with van der Waals surface area (Å²) in [7, 11) is 0.0743. The second kappa shape index (κ2) is 7.33.